The summed E-state index contributed by atoms with van der Waals surface area (Å²) in [5, 5.41) is 11.5. The fourth-order valence-electron chi connectivity index (χ4n) is 3.93. The van der Waals surface area contributed by atoms with E-state index in [1.54, 1.807) is 0 Å². The Morgan fingerprint density at radius 1 is 1.23 bits per heavy atom. The van der Waals surface area contributed by atoms with Crippen LogP contribution in [0.1, 0.15) is 29.2 Å². The molecule has 2 heterocycles. The van der Waals surface area contributed by atoms with E-state index < -0.39 is 0 Å². The third-order valence-corrected chi connectivity index (χ3v) is 5.19. The first kappa shape index (κ1) is 12.0. The number of carbonyl (C=O) groups is 1. The first-order chi connectivity index (χ1) is 10.7. The summed E-state index contributed by atoms with van der Waals surface area (Å²) < 4.78 is 0. The maximum absolute atomic E-state index is 12.5. The van der Waals surface area contributed by atoms with Gasteiger partial charge in [-0.1, -0.05) is 30.3 Å². The highest BCUT2D eigenvalue weighted by Crippen LogP contribution is 2.64. The molecule has 0 saturated heterocycles. The van der Waals surface area contributed by atoms with Crippen molar-refractivity contribution in [3.05, 3.63) is 59.3 Å². The lowest BCUT2D eigenvalue weighted by atomic mass is 9.92. The highest BCUT2D eigenvalue weighted by molar-refractivity contribution is 6.09. The van der Waals surface area contributed by atoms with E-state index in [0.29, 0.717) is 0 Å². The van der Waals surface area contributed by atoms with Crippen molar-refractivity contribution in [1.82, 2.24) is 10.2 Å². The number of hydrogen-bond acceptors (Lipinski definition) is 2. The van der Waals surface area contributed by atoms with E-state index in [9.17, 15) is 4.79 Å². The van der Waals surface area contributed by atoms with Crippen LogP contribution in [0, 0.1) is 6.92 Å². The van der Waals surface area contributed by atoms with E-state index in [2.05, 4.69) is 39.8 Å². The molecule has 1 saturated carbocycles. The third kappa shape index (κ3) is 1.32. The normalized spacial score (nSPS) is 25.5. The minimum atomic E-state index is -0.365. The molecule has 2 N–H and O–H groups in total. The molecule has 2 aromatic carbocycles. The minimum absolute atomic E-state index is 0.136. The number of carbonyl (C=O) groups excluding carboxylic acids is 1. The zero-order valence-corrected chi connectivity index (χ0v) is 12.2. The fourth-order valence-corrected chi connectivity index (χ4v) is 3.93. The van der Waals surface area contributed by atoms with Gasteiger partial charge in [-0.05, 0) is 36.6 Å². The van der Waals surface area contributed by atoms with E-state index in [-0.39, 0.29) is 17.2 Å². The molecule has 2 atom stereocenters. The largest absolute Gasteiger partial charge is 0.325 e. The predicted molar refractivity (Wildman–Crippen MR) is 84.9 cm³/mol. The quantitative estimate of drug-likeness (QED) is 0.722. The van der Waals surface area contributed by atoms with Crippen molar-refractivity contribution in [2.24, 2.45) is 0 Å². The van der Waals surface area contributed by atoms with E-state index in [4.69, 9.17) is 0 Å². The summed E-state index contributed by atoms with van der Waals surface area (Å²) in [6.07, 6.45) is 0.880. The summed E-state index contributed by atoms with van der Waals surface area (Å²) >= 11 is 0. The number of aromatic amines is 1. The van der Waals surface area contributed by atoms with Crippen molar-refractivity contribution in [3.8, 4) is 0 Å². The van der Waals surface area contributed by atoms with Crippen LogP contribution in [0.5, 0.6) is 0 Å². The molecular formula is C18H15N3O. The molecular weight excluding hydrogens is 274 g/mol. The van der Waals surface area contributed by atoms with Gasteiger partial charge in [0.1, 0.15) is 0 Å². The number of H-pyrrole nitrogens is 1. The van der Waals surface area contributed by atoms with Gasteiger partial charge in [0.2, 0.25) is 5.91 Å². The lowest BCUT2D eigenvalue weighted by molar-refractivity contribution is -0.118. The molecule has 2 unspecified atom stereocenters. The number of fused-ring (bicyclic) bond motifs is 3. The third-order valence-electron chi connectivity index (χ3n) is 5.19. The van der Waals surface area contributed by atoms with Crippen LogP contribution in [0.25, 0.3) is 10.9 Å². The minimum Gasteiger partial charge on any atom is -0.325 e. The van der Waals surface area contributed by atoms with Gasteiger partial charge in [-0.15, -0.1) is 0 Å². The Morgan fingerprint density at radius 3 is 3.00 bits per heavy atom. The number of hydrogen-bond donors (Lipinski definition) is 2. The SMILES string of the molecule is Cc1[nH]nc2cc(C3CC34C(=O)Nc3ccccc34)ccc12. The van der Waals surface area contributed by atoms with Gasteiger partial charge < -0.3 is 5.32 Å². The van der Waals surface area contributed by atoms with Crippen LogP contribution in [0.4, 0.5) is 5.69 Å². The number of amides is 1. The number of nitrogens with zero attached hydrogens (tertiary/aromatic N) is 1. The molecule has 0 bridgehead atoms. The summed E-state index contributed by atoms with van der Waals surface area (Å²) in [5.41, 5.74) is 5.00. The number of aryl methyl sites for hydroxylation is 1. The Morgan fingerprint density at radius 2 is 2.09 bits per heavy atom. The van der Waals surface area contributed by atoms with Gasteiger partial charge in [0, 0.05) is 22.7 Å². The summed E-state index contributed by atoms with van der Waals surface area (Å²) in [4.78, 5) is 12.5. The van der Waals surface area contributed by atoms with Crippen molar-refractivity contribution < 1.29 is 4.79 Å². The fraction of sp³-hybridized carbons (Fsp3) is 0.222. The van der Waals surface area contributed by atoms with Crippen molar-refractivity contribution in [1.29, 1.82) is 0 Å². The van der Waals surface area contributed by atoms with Crippen LogP contribution in [0.2, 0.25) is 0 Å². The zero-order valence-electron chi connectivity index (χ0n) is 12.2. The first-order valence-electron chi connectivity index (χ1n) is 7.56. The number of anilines is 1. The lowest BCUT2D eigenvalue weighted by Gasteiger charge is -2.08. The van der Waals surface area contributed by atoms with Gasteiger partial charge in [0.25, 0.3) is 0 Å². The van der Waals surface area contributed by atoms with Gasteiger partial charge in [-0.25, -0.2) is 0 Å². The number of para-hydroxylation sites is 1. The number of rotatable bonds is 1. The van der Waals surface area contributed by atoms with Gasteiger partial charge in [-0.2, -0.15) is 5.10 Å². The van der Waals surface area contributed by atoms with Crippen LogP contribution in [0.15, 0.2) is 42.5 Å². The topological polar surface area (TPSA) is 57.8 Å². The van der Waals surface area contributed by atoms with Gasteiger partial charge in [0.15, 0.2) is 0 Å². The molecule has 1 spiro atoms. The van der Waals surface area contributed by atoms with Crippen LogP contribution in [-0.4, -0.2) is 16.1 Å². The van der Waals surface area contributed by atoms with Gasteiger partial charge in [-0.3, -0.25) is 9.89 Å². The Bertz CT molecular complexity index is 942. The summed E-state index contributed by atoms with van der Waals surface area (Å²) in [5.74, 6) is 0.384. The molecule has 108 valence electrons. The molecule has 2 aliphatic rings. The molecule has 1 aromatic heterocycles. The van der Waals surface area contributed by atoms with Gasteiger partial charge >= 0.3 is 0 Å². The van der Waals surface area contributed by atoms with Crippen molar-refractivity contribution in [2.75, 3.05) is 5.32 Å². The predicted octanol–water partition coefficient (Wildman–Crippen LogP) is 3.25. The molecule has 0 radical (unpaired) electrons. The molecule has 1 aliphatic heterocycles. The second-order valence-corrected chi connectivity index (χ2v) is 6.35. The van der Waals surface area contributed by atoms with E-state index >= 15 is 0 Å². The average Bonchev–Trinajstić information content (AvgIpc) is 3.10. The highest BCUT2D eigenvalue weighted by Gasteiger charge is 2.65. The van der Waals surface area contributed by atoms with Crippen molar-refractivity contribution >= 4 is 22.5 Å². The standard InChI is InChI=1S/C18H15N3O/c1-10-12-7-6-11(8-16(12)21-20-10)14-9-18(14)13-4-2-3-5-15(13)19-17(18)22/h2-8,14H,9H2,1H3,(H,19,22)(H,20,21). The monoisotopic (exact) mass is 289 g/mol. The molecule has 5 rings (SSSR count). The van der Waals surface area contributed by atoms with Crippen LogP contribution in [0.3, 0.4) is 0 Å². The highest BCUT2D eigenvalue weighted by atomic mass is 16.2. The first-order valence-corrected chi connectivity index (χ1v) is 7.56. The Labute approximate surface area is 127 Å². The Hall–Kier alpha value is -2.62. The molecule has 22 heavy (non-hydrogen) atoms. The maximum Gasteiger partial charge on any atom is 0.235 e. The molecule has 4 nitrogen and oxygen atoms in total. The summed E-state index contributed by atoms with van der Waals surface area (Å²) in [7, 11) is 0. The number of aromatic nitrogens is 2. The lowest BCUT2D eigenvalue weighted by Crippen LogP contribution is -2.20. The maximum atomic E-state index is 12.5. The van der Waals surface area contributed by atoms with Crippen molar-refractivity contribution in [3.63, 3.8) is 0 Å². The Kier molecular flexibility index (Phi) is 2.05. The average molecular weight is 289 g/mol. The molecule has 1 aliphatic carbocycles. The van der Waals surface area contributed by atoms with Crippen LogP contribution < -0.4 is 5.32 Å². The smallest absolute Gasteiger partial charge is 0.235 e. The van der Waals surface area contributed by atoms with Gasteiger partial charge in [0.05, 0.1) is 10.9 Å². The van der Waals surface area contributed by atoms with Crippen LogP contribution >= 0.6 is 0 Å². The molecule has 1 amide bonds. The number of benzene rings is 2. The molecule has 1 fully saturated rings. The van der Waals surface area contributed by atoms with E-state index in [1.165, 1.54) is 5.56 Å². The van der Waals surface area contributed by atoms with Crippen molar-refractivity contribution in [2.45, 2.75) is 24.7 Å². The number of nitrogens with one attached hydrogen (secondary N) is 2. The van der Waals surface area contributed by atoms with Crippen LogP contribution in [-0.2, 0) is 10.2 Å². The zero-order chi connectivity index (χ0) is 14.9. The van der Waals surface area contributed by atoms with E-state index in [1.807, 2.05) is 25.1 Å². The Balaban J connectivity index is 1.62. The second-order valence-electron chi connectivity index (χ2n) is 6.35. The molecule has 4 heteroatoms. The summed E-state index contributed by atoms with van der Waals surface area (Å²) in [6.45, 7) is 2.02. The second kappa shape index (κ2) is 3.77. The molecule has 3 aromatic rings. The summed E-state index contributed by atoms with van der Waals surface area (Å²) in [6, 6.07) is 14.4. The van der Waals surface area contributed by atoms with E-state index in [0.717, 1.165) is 34.3 Å².